The van der Waals surface area contributed by atoms with Gasteiger partial charge in [0.25, 0.3) is 0 Å². The Labute approximate surface area is 122 Å². The fraction of sp³-hybridized carbons (Fsp3) is 0.533. The predicted molar refractivity (Wildman–Crippen MR) is 73.2 cm³/mol. The van der Waals surface area contributed by atoms with Gasteiger partial charge in [-0.2, -0.15) is 8.78 Å². The first-order valence-electron chi connectivity index (χ1n) is 7.04. The molecule has 0 atom stereocenters. The van der Waals surface area contributed by atoms with Crippen molar-refractivity contribution in [1.82, 2.24) is 4.90 Å². The zero-order chi connectivity index (χ0) is 15.2. The van der Waals surface area contributed by atoms with Crippen molar-refractivity contribution in [3.05, 3.63) is 29.8 Å². The quantitative estimate of drug-likeness (QED) is 0.840. The van der Waals surface area contributed by atoms with Crippen LogP contribution in [0, 0.1) is 0 Å². The maximum atomic E-state index is 12.3. The van der Waals surface area contributed by atoms with Gasteiger partial charge in [-0.25, -0.2) is 0 Å². The van der Waals surface area contributed by atoms with E-state index in [1.807, 2.05) is 0 Å². The van der Waals surface area contributed by atoms with Crippen LogP contribution >= 0.6 is 0 Å². The van der Waals surface area contributed by atoms with Gasteiger partial charge < -0.3 is 14.7 Å². The minimum Gasteiger partial charge on any atom is -0.435 e. The van der Waals surface area contributed by atoms with Crippen molar-refractivity contribution in [2.75, 3.05) is 13.2 Å². The highest BCUT2D eigenvalue weighted by Crippen LogP contribution is 2.25. The SMILES string of the molecule is O=C(Cc1ccc(OC(F)F)cc1)N(CCO)C1CCC1. The summed E-state index contributed by atoms with van der Waals surface area (Å²) in [4.78, 5) is 14.0. The zero-order valence-electron chi connectivity index (χ0n) is 11.7. The Bertz CT molecular complexity index is 460. The molecule has 1 aliphatic rings. The largest absolute Gasteiger partial charge is 0.435 e. The number of hydrogen-bond donors (Lipinski definition) is 1. The molecular weight excluding hydrogens is 280 g/mol. The summed E-state index contributed by atoms with van der Waals surface area (Å²) in [5.74, 6) is 0.0312. The Kier molecular flexibility index (Phi) is 5.50. The molecule has 0 aromatic heterocycles. The van der Waals surface area contributed by atoms with E-state index in [2.05, 4.69) is 4.74 Å². The molecule has 1 aromatic rings. The number of nitrogens with zero attached hydrogens (tertiary/aromatic N) is 1. The lowest BCUT2D eigenvalue weighted by atomic mass is 9.91. The van der Waals surface area contributed by atoms with Gasteiger partial charge in [0.15, 0.2) is 0 Å². The monoisotopic (exact) mass is 299 g/mol. The van der Waals surface area contributed by atoms with Crippen molar-refractivity contribution in [2.24, 2.45) is 0 Å². The number of halogens is 2. The number of aliphatic hydroxyl groups is 1. The molecule has 116 valence electrons. The number of benzene rings is 1. The van der Waals surface area contributed by atoms with E-state index in [0.717, 1.165) is 24.8 Å². The Morgan fingerprint density at radius 3 is 2.48 bits per heavy atom. The summed E-state index contributed by atoms with van der Waals surface area (Å²) in [6.45, 7) is -2.56. The molecule has 1 amide bonds. The summed E-state index contributed by atoms with van der Waals surface area (Å²) in [6.07, 6.45) is 3.27. The molecule has 0 spiro atoms. The highest BCUT2D eigenvalue weighted by atomic mass is 19.3. The summed E-state index contributed by atoms with van der Waals surface area (Å²) in [7, 11) is 0. The molecule has 4 nitrogen and oxygen atoms in total. The second-order valence-corrected chi connectivity index (χ2v) is 5.09. The van der Waals surface area contributed by atoms with Gasteiger partial charge in [0.2, 0.25) is 5.91 Å². The van der Waals surface area contributed by atoms with Crippen molar-refractivity contribution < 1.29 is 23.4 Å². The molecule has 0 aliphatic heterocycles. The number of rotatable bonds is 7. The summed E-state index contributed by atoms with van der Waals surface area (Å²) in [5.41, 5.74) is 0.740. The molecule has 1 aromatic carbocycles. The fourth-order valence-electron chi connectivity index (χ4n) is 2.38. The van der Waals surface area contributed by atoms with Crippen LogP contribution in [0.2, 0.25) is 0 Å². The van der Waals surface area contributed by atoms with E-state index in [9.17, 15) is 13.6 Å². The number of amides is 1. The summed E-state index contributed by atoms with van der Waals surface area (Å²) >= 11 is 0. The molecule has 0 saturated heterocycles. The Morgan fingerprint density at radius 2 is 2.00 bits per heavy atom. The average molecular weight is 299 g/mol. The maximum Gasteiger partial charge on any atom is 0.387 e. The first-order valence-corrected chi connectivity index (χ1v) is 7.04. The Hall–Kier alpha value is -1.69. The van der Waals surface area contributed by atoms with Crippen molar-refractivity contribution in [3.8, 4) is 5.75 Å². The molecule has 1 saturated carbocycles. The molecule has 0 heterocycles. The lowest BCUT2D eigenvalue weighted by molar-refractivity contribution is -0.135. The first-order chi connectivity index (χ1) is 10.1. The lowest BCUT2D eigenvalue weighted by Gasteiger charge is -2.37. The highest BCUT2D eigenvalue weighted by molar-refractivity contribution is 5.79. The van der Waals surface area contributed by atoms with Crippen LogP contribution in [0.4, 0.5) is 8.78 Å². The third-order valence-corrected chi connectivity index (χ3v) is 3.68. The van der Waals surface area contributed by atoms with E-state index < -0.39 is 6.61 Å². The third-order valence-electron chi connectivity index (χ3n) is 3.68. The van der Waals surface area contributed by atoms with E-state index in [-0.39, 0.29) is 30.7 Å². The average Bonchev–Trinajstić information content (AvgIpc) is 2.38. The molecule has 1 fully saturated rings. The number of carbonyl (C=O) groups excluding carboxylic acids is 1. The van der Waals surface area contributed by atoms with Crippen molar-refractivity contribution in [2.45, 2.75) is 38.3 Å². The topological polar surface area (TPSA) is 49.8 Å². The summed E-state index contributed by atoms with van der Waals surface area (Å²) in [6, 6.07) is 6.29. The normalized spacial score (nSPS) is 14.9. The van der Waals surface area contributed by atoms with Gasteiger partial charge in [-0.3, -0.25) is 4.79 Å². The molecule has 0 unspecified atom stereocenters. The number of alkyl halides is 2. The third kappa shape index (κ3) is 4.39. The Balaban J connectivity index is 1.94. The number of hydrogen-bond acceptors (Lipinski definition) is 3. The van der Waals surface area contributed by atoms with Gasteiger partial charge in [0.05, 0.1) is 13.0 Å². The van der Waals surface area contributed by atoms with Crippen molar-refractivity contribution in [1.29, 1.82) is 0 Å². The van der Waals surface area contributed by atoms with Gasteiger partial charge in [0, 0.05) is 12.6 Å². The first kappa shape index (κ1) is 15.7. The van der Waals surface area contributed by atoms with E-state index in [0.29, 0.717) is 6.54 Å². The lowest BCUT2D eigenvalue weighted by Crippen LogP contribution is -2.46. The highest BCUT2D eigenvalue weighted by Gasteiger charge is 2.28. The van der Waals surface area contributed by atoms with Crippen LogP contribution in [0.15, 0.2) is 24.3 Å². The van der Waals surface area contributed by atoms with Gasteiger partial charge in [-0.05, 0) is 37.0 Å². The molecule has 1 N–H and O–H groups in total. The minimum absolute atomic E-state index is 0.0451. The van der Waals surface area contributed by atoms with Crippen LogP contribution in [-0.2, 0) is 11.2 Å². The molecule has 2 rings (SSSR count). The van der Waals surface area contributed by atoms with Crippen LogP contribution in [0.3, 0.4) is 0 Å². The van der Waals surface area contributed by atoms with Crippen LogP contribution in [0.1, 0.15) is 24.8 Å². The standard InChI is InChI=1S/C15H19F2NO3/c16-15(17)21-13-6-4-11(5-7-13)10-14(20)18(8-9-19)12-2-1-3-12/h4-7,12,15,19H,1-3,8-10H2. The minimum atomic E-state index is -2.85. The van der Waals surface area contributed by atoms with Gasteiger partial charge in [-0.15, -0.1) is 0 Å². The van der Waals surface area contributed by atoms with Gasteiger partial charge >= 0.3 is 6.61 Å². The predicted octanol–water partition coefficient (Wildman–Crippen LogP) is 2.20. The van der Waals surface area contributed by atoms with Crippen molar-refractivity contribution in [3.63, 3.8) is 0 Å². The second-order valence-electron chi connectivity index (χ2n) is 5.09. The van der Waals surface area contributed by atoms with E-state index in [1.165, 1.54) is 12.1 Å². The summed E-state index contributed by atoms with van der Waals surface area (Å²) in [5, 5.41) is 9.06. The molecule has 0 bridgehead atoms. The van der Waals surface area contributed by atoms with E-state index >= 15 is 0 Å². The second kappa shape index (κ2) is 7.36. The van der Waals surface area contributed by atoms with E-state index in [4.69, 9.17) is 5.11 Å². The maximum absolute atomic E-state index is 12.3. The van der Waals surface area contributed by atoms with Crippen LogP contribution in [-0.4, -0.2) is 41.7 Å². The number of aliphatic hydroxyl groups excluding tert-OH is 1. The molecule has 6 heteroatoms. The fourth-order valence-corrected chi connectivity index (χ4v) is 2.38. The van der Waals surface area contributed by atoms with Crippen LogP contribution < -0.4 is 4.74 Å². The van der Waals surface area contributed by atoms with Gasteiger partial charge in [0.1, 0.15) is 5.75 Å². The molecule has 1 aliphatic carbocycles. The van der Waals surface area contributed by atoms with Gasteiger partial charge in [-0.1, -0.05) is 12.1 Å². The summed E-state index contributed by atoms with van der Waals surface area (Å²) < 4.78 is 28.4. The number of carbonyl (C=O) groups is 1. The van der Waals surface area contributed by atoms with Crippen molar-refractivity contribution >= 4 is 5.91 Å². The molecular formula is C15H19F2NO3. The number of ether oxygens (including phenoxy) is 1. The van der Waals surface area contributed by atoms with Crippen LogP contribution in [0.25, 0.3) is 0 Å². The Morgan fingerprint density at radius 1 is 1.33 bits per heavy atom. The zero-order valence-corrected chi connectivity index (χ0v) is 11.7. The van der Waals surface area contributed by atoms with Crippen LogP contribution in [0.5, 0.6) is 5.75 Å². The van der Waals surface area contributed by atoms with E-state index in [1.54, 1.807) is 17.0 Å². The smallest absolute Gasteiger partial charge is 0.387 e. The molecule has 21 heavy (non-hydrogen) atoms. The molecule has 0 radical (unpaired) electrons.